The van der Waals surface area contributed by atoms with Crippen molar-refractivity contribution in [2.75, 3.05) is 13.2 Å². The summed E-state index contributed by atoms with van der Waals surface area (Å²) < 4.78 is 10.4. The third kappa shape index (κ3) is 5.08. The molecule has 98 valence electrons. The summed E-state index contributed by atoms with van der Waals surface area (Å²) in [6, 6.07) is 0.147. The van der Waals surface area contributed by atoms with Gasteiger partial charge < -0.3 is 27.6 Å². The third-order valence-corrected chi connectivity index (χ3v) is 2.69. The highest BCUT2D eigenvalue weighted by molar-refractivity contribution is 7.17. The van der Waals surface area contributed by atoms with E-state index in [2.05, 4.69) is 10.7 Å². The van der Waals surface area contributed by atoms with Gasteiger partial charge >= 0.3 is 5.97 Å². The Hall–Kier alpha value is -0.560. The van der Waals surface area contributed by atoms with Crippen molar-refractivity contribution in [3.8, 4) is 5.19 Å². The zero-order chi connectivity index (χ0) is 12.1. The Balaban J connectivity index is 0.00000256. The SMILES string of the molecule is CCOC(=O)c1nc(OC[C@H](C)[NH3+])sc1Cl.[Cl-]. The smallest absolute Gasteiger partial charge is 0.359 e. The number of esters is 1. The molecule has 17 heavy (non-hydrogen) atoms. The Morgan fingerprint density at radius 1 is 1.65 bits per heavy atom. The van der Waals surface area contributed by atoms with Gasteiger partial charge in [0.2, 0.25) is 0 Å². The molecule has 1 aromatic heterocycles. The topological polar surface area (TPSA) is 76.1 Å². The first kappa shape index (κ1) is 16.4. The molecular formula is C9H14Cl2N2O3S. The molecule has 1 atom stereocenters. The van der Waals surface area contributed by atoms with Gasteiger partial charge in [-0.2, -0.15) is 4.98 Å². The third-order valence-electron chi connectivity index (χ3n) is 1.53. The molecule has 0 fully saturated rings. The number of ether oxygens (including phenoxy) is 2. The maximum atomic E-state index is 11.4. The fourth-order valence-corrected chi connectivity index (χ4v) is 1.84. The van der Waals surface area contributed by atoms with Crippen LogP contribution in [0.25, 0.3) is 0 Å². The molecule has 0 unspecified atom stereocenters. The Morgan fingerprint density at radius 2 is 2.29 bits per heavy atom. The highest BCUT2D eigenvalue weighted by Crippen LogP contribution is 2.30. The lowest BCUT2D eigenvalue weighted by Gasteiger charge is -2.01. The van der Waals surface area contributed by atoms with E-state index in [4.69, 9.17) is 21.1 Å². The molecule has 0 spiro atoms. The summed E-state index contributed by atoms with van der Waals surface area (Å²) in [6.45, 7) is 4.37. The van der Waals surface area contributed by atoms with Gasteiger partial charge in [0, 0.05) is 0 Å². The summed E-state index contributed by atoms with van der Waals surface area (Å²) in [4.78, 5) is 15.3. The zero-order valence-corrected chi connectivity index (χ0v) is 11.9. The lowest BCUT2D eigenvalue weighted by molar-refractivity contribution is -0.417. The second-order valence-corrected chi connectivity index (χ2v) is 4.80. The molecule has 0 amide bonds. The number of nitrogens with zero attached hydrogens (tertiary/aromatic N) is 1. The summed E-state index contributed by atoms with van der Waals surface area (Å²) in [5, 5.41) is 0.364. The van der Waals surface area contributed by atoms with Crippen molar-refractivity contribution in [3.05, 3.63) is 10.0 Å². The van der Waals surface area contributed by atoms with Gasteiger partial charge in [-0.05, 0) is 13.8 Å². The minimum atomic E-state index is -0.527. The van der Waals surface area contributed by atoms with Crippen LogP contribution in [0.3, 0.4) is 0 Å². The molecule has 3 N–H and O–H groups in total. The molecule has 1 rings (SSSR count). The number of thiazole rings is 1. The zero-order valence-electron chi connectivity index (χ0n) is 9.53. The van der Waals surface area contributed by atoms with Gasteiger partial charge in [0.05, 0.1) is 6.61 Å². The summed E-state index contributed by atoms with van der Waals surface area (Å²) in [6.07, 6.45) is 0. The van der Waals surface area contributed by atoms with Crippen molar-refractivity contribution >= 4 is 28.9 Å². The van der Waals surface area contributed by atoms with Crippen LogP contribution in [0.4, 0.5) is 0 Å². The van der Waals surface area contributed by atoms with Gasteiger partial charge in [0.25, 0.3) is 5.19 Å². The van der Waals surface area contributed by atoms with E-state index in [1.165, 1.54) is 0 Å². The number of hydrogen-bond acceptors (Lipinski definition) is 5. The van der Waals surface area contributed by atoms with E-state index in [9.17, 15) is 4.79 Å². The molecule has 0 bridgehead atoms. The van der Waals surface area contributed by atoms with Crippen molar-refractivity contribution in [1.82, 2.24) is 4.98 Å². The van der Waals surface area contributed by atoms with Gasteiger partial charge in [-0.1, -0.05) is 22.9 Å². The van der Waals surface area contributed by atoms with Gasteiger partial charge in [0.1, 0.15) is 17.0 Å². The van der Waals surface area contributed by atoms with Crippen LogP contribution in [0.2, 0.25) is 4.34 Å². The Bertz CT molecular complexity index is 371. The van der Waals surface area contributed by atoms with E-state index in [0.29, 0.717) is 18.4 Å². The molecule has 5 nitrogen and oxygen atoms in total. The van der Waals surface area contributed by atoms with E-state index < -0.39 is 5.97 Å². The average molecular weight is 301 g/mol. The first-order chi connectivity index (χ1) is 7.54. The van der Waals surface area contributed by atoms with Crippen LogP contribution in [0.5, 0.6) is 5.19 Å². The van der Waals surface area contributed by atoms with Crippen LogP contribution in [-0.4, -0.2) is 30.2 Å². The normalized spacial score (nSPS) is 11.5. The monoisotopic (exact) mass is 300 g/mol. The van der Waals surface area contributed by atoms with Gasteiger partial charge in [-0.3, -0.25) is 0 Å². The lowest BCUT2D eigenvalue weighted by atomic mass is 10.4. The molecule has 1 heterocycles. The largest absolute Gasteiger partial charge is 1.00 e. The molecule has 0 radical (unpaired) electrons. The summed E-state index contributed by atoms with van der Waals surface area (Å²) in [5.41, 5.74) is 3.89. The molecule has 0 saturated carbocycles. The van der Waals surface area contributed by atoms with Crippen molar-refractivity contribution in [1.29, 1.82) is 0 Å². The minimum Gasteiger partial charge on any atom is -1.00 e. The molecular weight excluding hydrogens is 287 g/mol. The molecule has 0 aliphatic rings. The standard InChI is InChI=1S/C9H13ClN2O3S.ClH/c1-3-14-8(13)6-7(10)16-9(12-6)15-4-5(2)11;/h5H,3-4,11H2,1-2H3;1H/t5-;/m0./s1. The highest BCUT2D eigenvalue weighted by Gasteiger charge is 2.19. The highest BCUT2D eigenvalue weighted by atomic mass is 35.5. The van der Waals surface area contributed by atoms with Crippen LogP contribution >= 0.6 is 22.9 Å². The van der Waals surface area contributed by atoms with E-state index in [-0.39, 0.29) is 28.5 Å². The van der Waals surface area contributed by atoms with Crippen LogP contribution in [0, 0.1) is 0 Å². The number of hydrogen-bond donors (Lipinski definition) is 1. The first-order valence-electron chi connectivity index (χ1n) is 4.84. The molecule has 1 aromatic rings. The molecule has 0 saturated heterocycles. The number of carbonyl (C=O) groups excluding carboxylic acids is 1. The lowest BCUT2D eigenvalue weighted by Crippen LogP contribution is -3.00. The Labute approximate surface area is 115 Å². The Kier molecular flexibility index (Phi) is 7.45. The predicted octanol–water partition coefficient (Wildman–Crippen LogP) is -2.01. The van der Waals surface area contributed by atoms with E-state index in [0.717, 1.165) is 11.3 Å². The van der Waals surface area contributed by atoms with Crippen molar-refractivity contribution in [2.45, 2.75) is 19.9 Å². The second kappa shape index (κ2) is 7.71. The predicted molar refractivity (Wildman–Crippen MR) is 60.9 cm³/mol. The fourth-order valence-electron chi connectivity index (χ4n) is 0.884. The summed E-state index contributed by atoms with van der Waals surface area (Å²) >= 11 is 6.96. The van der Waals surface area contributed by atoms with E-state index in [1.54, 1.807) is 6.92 Å². The number of halogens is 2. The first-order valence-corrected chi connectivity index (χ1v) is 6.03. The van der Waals surface area contributed by atoms with Crippen molar-refractivity contribution in [2.24, 2.45) is 0 Å². The second-order valence-electron chi connectivity index (χ2n) is 3.24. The minimum absolute atomic E-state index is 0. The van der Waals surface area contributed by atoms with Gasteiger partial charge in [-0.25, -0.2) is 4.79 Å². The maximum absolute atomic E-state index is 11.4. The van der Waals surface area contributed by atoms with Gasteiger partial charge in [0.15, 0.2) is 5.69 Å². The van der Waals surface area contributed by atoms with Crippen LogP contribution in [-0.2, 0) is 4.74 Å². The Morgan fingerprint density at radius 3 is 2.82 bits per heavy atom. The van der Waals surface area contributed by atoms with Crippen LogP contribution in [0.15, 0.2) is 0 Å². The van der Waals surface area contributed by atoms with E-state index in [1.807, 2.05) is 6.92 Å². The van der Waals surface area contributed by atoms with Gasteiger partial charge in [-0.15, -0.1) is 0 Å². The van der Waals surface area contributed by atoms with Crippen molar-refractivity contribution < 1.29 is 32.4 Å². The molecule has 0 aliphatic heterocycles. The number of carbonyl (C=O) groups is 1. The number of quaternary nitrogens is 1. The quantitative estimate of drug-likeness (QED) is 0.638. The molecule has 0 aliphatic carbocycles. The summed E-state index contributed by atoms with van der Waals surface area (Å²) in [5.74, 6) is -0.527. The molecule has 0 aromatic carbocycles. The average Bonchev–Trinajstić information content (AvgIpc) is 2.57. The van der Waals surface area contributed by atoms with Crippen LogP contribution < -0.4 is 22.9 Å². The molecule has 8 heteroatoms. The fraction of sp³-hybridized carbons (Fsp3) is 0.556. The van der Waals surface area contributed by atoms with Crippen LogP contribution in [0.1, 0.15) is 24.3 Å². The summed E-state index contributed by atoms with van der Waals surface area (Å²) in [7, 11) is 0. The number of rotatable bonds is 5. The van der Waals surface area contributed by atoms with Crippen molar-refractivity contribution in [3.63, 3.8) is 0 Å². The maximum Gasteiger partial charge on any atom is 0.359 e. The number of aromatic nitrogens is 1. The van der Waals surface area contributed by atoms with E-state index >= 15 is 0 Å².